The van der Waals surface area contributed by atoms with Crippen LogP contribution in [0.1, 0.15) is 22.8 Å². The number of carbonyl (C=O) groups excluding carboxylic acids is 2. The molecule has 0 unspecified atom stereocenters. The van der Waals surface area contributed by atoms with Crippen molar-refractivity contribution >= 4 is 39.9 Å². The van der Waals surface area contributed by atoms with Crippen LogP contribution in [0.3, 0.4) is 0 Å². The number of nitrogens with zero attached hydrogens (tertiary/aromatic N) is 1. The summed E-state index contributed by atoms with van der Waals surface area (Å²) in [5, 5.41) is 3.09. The summed E-state index contributed by atoms with van der Waals surface area (Å²) >= 11 is 6.11. The van der Waals surface area contributed by atoms with Crippen molar-refractivity contribution in [2.75, 3.05) is 5.32 Å². The van der Waals surface area contributed by atoms with Gasteiger partial charge in [0.2, 0.25) is 0 Å². The number of halogens is 3. The topological polar surface area (TPSA) is 51.1 Å². The molecular formula is C19H15ClF2N2O2. The monoisotopic (exact) mass is 376 g/mol. The number of rotatable bonds is 4. The van der Waals surface area contributed by atoms with Gasteiger partial charge in [-0.05, 0) is 30.7 Å². The maximum absolute atomic E-state index is 14.1. The second kappa shape index (κ2) is 6.88. The van der Waals surface area contributed by atoms with Crippen molar-refractivity contribution in [2.24, 2.45) is 7.05 Å². The normalized spacial score (nSPS) is 11.0. The summed E-state index contributed by atoms with van der Waals surface area (Å²) in [6.07, 6.45) is 1.42. The first kappa shape index (κ1) is 18.1. The highest BCUT2D eigenvalue weighted by atomic mass is 35.5. The molecule has 0 aliphatic heterocycles. The van der Waals surface area contributed by atoms with Gasteiger partial charge in [0.1, 0.15) is 17.4 Å². The zero-order chi connectivity index (χ0) is 19.0. The molecule has 1 heterocycles. The third-order valence-corrected chi connectivity index (χ3v) is 4.33. The molecule has 0 bridgehead atoms. The molecule has 134 valence electrons. The molecule has 0 atom stereocenters. The summed E-state index contributed by atoms with van der Waals surface area (Å²) in [6.45, 7) is 1.35. The van der Waals surface area contributed by atoms with E-state index in [2.05, 4.69) is 5.32 Å². The van der Waals surface area contributed by atoms with E-state index in [1.165, 1.54) is 35.9 Å². The predicted molar refractivity (Wildman–Crippen MR) is 96.6 cm³/mol. The Morgan fingerprint density at radius 2 is 1.92 bits per heavy atom. The van der Waals surface area contributed by atoms with Crippen molar-refractivity contribution in [2.45, 2.75) is 13.3 Å². The van der Waals surface area contributed by atoms with Crippen LogP contribution >= 0.6 is 11.6 Å². The van der Waals surface area contributed by atoms with Gasteiger partial charge in [0, 0.05) is 25.1 Å². The quantitative estimate of drug-likeness (QED) is 0.729. The Balaban J connectivity index is 1.95. The molecule has 0 aliphatic carbocycles. The number of hydrogen-bond acceptors (Lipinski definition) is 2. The highest BCUT2D eigenvalue weighted by Crippen LogP contribution is 2.28. The van der Waals surface area contributed by atoms with E-state index >= 15 is 0 Å². The number of aromatic nitrogens is 1. The number of fused-ring (bicyclic) bond motifs is 1. The lowest BCUT2D eigenvalue weighted by Gasteiger charge is -2.09. The van der Waals surface area contributed by atoms with Gasteiger partial charge >= 0.3 is 0 Å². The molecule has 0 saturated carbocycles. The summed E-state index contributed by atoms with van der Waals surface area (Å²) in [6, 6.07) is 6.84. The summed E-state index contributed by atoms with van der Waals surface area (Å²) < 4.78 is 29.6. The molecule has 0 radical (unpaired) electrons. The summed E-state index contributed by atoms with van der Waals surface area (Å²) in [4.78, 5) is 23.8. The highest BCUT2D eigenvalue weighted by molar-refractivity contribution is 6.34. The number of benzene rings is 2. The van der Waals surface area contributed by atoms with Gasteiger partial charge in [0.15, 0.2) is 0 Å². The van der Waals surface area contributed by atoms with Crippen LogP contribution in [0, 0.1) is 11.6 Å². The van der Waals surface area contributed by atoms with Gasteiger partial charge in [0.25, 0.3) is 5.91 Å². The minimum atomic E-state index is -0.635. The number of para-hydroxylation sites is 1. The predicted octanol–water partition coefficient (Wildman–Crippen LogP) is 4.49. The lowest BCUT2D eigenvalue weighted by atomic mass is 10.1. The van der Waals surface area contributed by atoms with E-state index in [9.17, 15) is 18.4 Å². The van der Waals surface area contributed by atoms with E-state index in [0.717, 1.165) is 6.07 Å². The molecule has 1 amide bonds. The Morgan fingerprint density at radius 1 is 1.19 bits per heavy atom. The maximum Gasteiger partial charge on any atom is 0.257 e. The fourth-order valence-corrected chi connectivity index (χ4v) is 3.11. The van der Waals surface area contributed by atoms with Crippen molar-refractivity contribution in [3.05, 3.63) is 64.3 Å². The SMILES string of the molecule is CC(=O)Cc1cc(Cl)c(NC(=O)c2cn(C)c3c(F)cccc23)cc1F. The van der Waals surface area contributed by atoms with Gasteiger partial charge < -0.3 is 9.88 Å². The molecule has 0 fully saturated rings. The molecule has 1 N–H and O–H groups in total. The van der Waals surface area contributed by atoms with Gasteiger partial charge in [-0.1, -0.05) is 23.7 Å². The molecule has 3 aromatic rings. The zero-order valence-electron chi connectivity index (χ0n) is 14.1. The molecule has 3 rings (SSSR count). The molecule has 7 heteroatoms. The summed E-state index contributed by atoms with van der Waals surface area (Å²) in [7, 11) is 1.63. The second-order valence-corrected chi connectivity index (χ2v) is 6.45. The van der Waals surface area contributed by atoms with Crippen molar-refractivity contribution in [1.29, 1.82) is 0 Å². The van der Waals surface area contributed by atoms with Crippen LogP contribution < -0.4 is 5.32 Å². The fourth-order valence-electron chi connectivity index (χ4n) is 2.88. The first-order valence-electron chi connectivity index (χ1n) is 7.80. The van der Waals surface area contributed by atoms with Gasteiger partial charge in [0.05, 0.1) is 21.8 Å². The van der Waals surface area contributed by atoms with E-state index in [4.69, 9.17) is 11.6 Å². The molecule has 2 aromatic carbocycles. The van der Waals surface area contributed by atoms with Gasteiger partial charge in [-0.25, -0.2) is 8.78 Å². The van der Waals surface area contributed by atoms with Crippen LogP contribution in [-0.4, -0.2) is 16.3 Å². The Labute approximate surface area is 153 Å². The summed E-state index contributed by atoms with van der Waals surface area (Å²) in [5.74, 6) is -1.82. The number of ketones is 1. The molecule has 26 heavy (non-hydrogen) atoms. The second-order valence-electron chi connectivity index (χ2n) is 6.05. The number of hydrogen-bond donors (Lipinski definition) is 1. The van der Waals surface area contributed by atoms with Crippen LogP contribution in [-0.2, 0) is 18.3 Å². The van der Waals surface area contributed by atoms with Crippen molar-refractivity contribution in [3.63, 3.8) is 0 Å². The first-order valence-corrected chi connectivity index (χ1v) is 8.18. The van der Waals surface area contributed by atoms with E-state index in [-0.39, 0.29) is 34.0 Å². The maximum atomic E-state index is 14.1. The summed E-state index contributed by atoms with van der Waals surface area (Å²) in [5.41, 5.74) is 0.778. The Hall–Kier alpha value is -2.73. The average molecular weight is 377 g/mol. The van der Waals surface area contributed by atoms with Gasteiger partial charge in [-0.15, -0.1) is 0 Å². The third-order valence-electron chi connectivity index (χ3n) is 4.02. The minimum absolute atomic E-state index is 0.0786. The van der Waals surface area contributed by atoms with Crippen molar-refractivity contribution in [1.82, 2.24) is 4.57 Å². The lowest BCUT2D eigenvalue weighted by Crippen LogP contribution is -2.12. The molecular weight excluding hydrogens is 362 g/mol. The highest BCUT2D eigenvalue weighted by Gasteiger charge is 2.18. The smallest absolute Gasteiger partial charge is 0.257 e. The zero-order valence-corrected chi connectivity index (χ0v) is 14.8. The molecule has 0 aliphatic rings. The Kier molecular flexibility index (Phi) is 4.78. The van der Waals surface area contributed by atoms with E-state index in [1.54, 1.807) is 13.1 Å². The number of carbonyl (C=O) groups is 2. The van der Waals surface area contributed by atoms with E-state index in [0.29, 0.717) is 10.9 Å². The number of aryl methyl sites for hydroxylation is 1. The van der Waals surface area contributed by atoms with E-state index < -0.39 is 17.5 Å². The van der Waals surface area contributed by atoms with Crippen LogP contribution in [0.5, 0.6) is 0 Å². The van der Waals surface area contributed by atoms with Crippen molar-refractivity contribution in [3.8, 4) is 0 Å². The lowest BCUT2D eigenvalue weighted by molar-refractivity contribution is -0.116. The van der Waals surface area contributed by atoms with Crippen LogP contribution in [0.4, 0.5) is 14.5 Å². The minimum Gasteiger partial charge on any atom is -0.347 e. The van der Waals surface area contributed by atoms with Crippen molar-refractivity contribution < 1.29 is 18.4 Å². The third kappa shape index (κ3) is 3.32. The van der Waals surface area contributed by atoms with Gasteiger partial charge in [-0.2, -0.15) is 0 Å². The fraction of sp³-hybridized carbons (Fsp3) is 0.158. The Morgan fingerprint density at radius 3 is 2.62 bits per heavy atom. The van der Waals surface area contributed by atoms with Crippen LogP contribution in [0.2, 0.25) is 5.02 Å². The van der Waals surface area contributed by atoms with Gasteiger partial charge in [-0.3, -0.25) is 9.59 Å². The molecule has 0 saturated heterocycles. The number of anilines is 1. The standard InChI is InChI=1S/C19H15ClF2N2O2/c1-10(25)6-11-7-14(20)17(8-16(11)22)23-19(26)13-9-24(2)18-12(13)4-3-5-15(18)21/h3-5,7-9H,6H2,1-2H3,(H,23,26). The molecule has 0 spiro atoms. The number of amides is 1. The average Bonchev–Trinajstić information content (AvgIpc) is 2.90. The largest absolute Gasteiger partial charge is 0.347 e. The first-order chi connectivity index (χ1) is 12.3. The van der Waals surface area contributed by atoms with E-state index in [1.807, 2.05) is 0 Å². The van der Waals surface area contributed by atoms with Crippen LogP contribution in [0.15, 0.2) is 36.5 Å². The number of Topliss-reactive ketones (excluding diaryl/α,β-unsaturated/α-hetero) is 1. The number of nitrogens with one attached hydrogen (secondary N) is 1. The molecule has 4 nitrogen and oxygen atoms in total. The molecule has 1 aromatic heterocycles. The Bertz CT molecular complexity index is 1040. The van der Waals surface area contributed by atoms with Crippen LogP contribution in [0.25, 0.3) is 10.9 Å².